The van der Waals surface area contributed by atoms with Gasteiger partial charge in [-0.05, 0) is 44.4 Å². The van der Waals surface area contributed by atoms with Gasteiger partial charge in [0.1, 0.15) is 6.10 Å². The maximum atomic E-state index is 11.6. The number of carbonyl (C=O) groups excluding carboxylic acids is 1. The van der Waals surface area contributed by atoms with E-state index in [1.165, 1.54) is 6.92 Å². The fourth-order valence-corrected chi connectivity index (χ4v) is 4.83. The van der Waals surface area contributed by atoms with Crippen LogP contribution in [-0.4, -0.2) is 34.0 Å². The molecule has 0 unspecified atom stereocenters. The van der Waals surface area contributed by atoms with Gasteiger partial charge in [-0.2, -0.15) is 0 Å². The number of aliphatic hydroxyl groups is 2. The summed E-state index contributed by atoms with van der Waals surface area (Å²) in [5, 5.41) is 21.5. The van der Waals surface area contributed by atoms with Crippen molar-refractivity contribution in [3.63, 3.8) is 0 Å². The number of fused-ring (bicyclic) bond motifs is 1. The van der Waals surface area contributed by atoms with E-state index >= 15 is 0 Å². The Bertz CT molecular complexity index is 404. The van der Waals surface area contributed by atoms with Gasteiger partial charge in [-0.15, -0.1) is 0 Å². The van der Waals surface area contributed by atoms with E-state index in [2.05, 4.69) is 13.8 Å². The second-order valence-electron chi connectivity index (χ2n) is 7.92. The van der Waals surface area contributed by atoms with Crippen LogP contribution in [0.25, 0.3) is 0 Å². The van der Waals surface area contributed by atoms with Crippen LogP contribution in [-0.2, 0) is 9.53 Å². The monoisotopic (exact) mass is 298 g/mol. The van der Waals surface area contributed by atoms with Gasteiger partial charge in [0.15, 0.2) is 0 Å². The first kappa shape index (κ1) is 16.8. The Morgan fingerprint density at radius 2 is 1.86 bits per heavy atom. The third-order valence-corrected chi connectivity index (χ3v) is 5.99. The Morgan fingerprint density at radius 3 is 2.38 bits per heavy atom. The number of ether oxygens (including phenoxy) is 1. The molecule has 2 fully saturated rings. The zero-order chi connectivity index (χ0) is 16.0. The van der Waals surface area contributed by atoms with E-state index < -0.39 is 11.7 Å². The van der Waals surface area contributed by atoms with Crippen molar-refractivity contribution in [1.29, 1.82) is 0 Å². The quantitative estimate of drug-likeness (QED) is 0.769. The van der Waals surface area contributed by atoms with Gasteiger partial charge in [-0.1, -0.05) is 20.8 Å². The Morgan fingerprint density at radius 1 is 1.24 bits per heavy atom. The lowest BCUT2D eigenvalue weighted by atomic mass is 9.50. The molecule has 0 aromatic rings. The highest BCUT2D eigenvalue weighted by atomic mass is 16.5. The molecule has 0 aliphatic heterocycles. The Kier molecular flexibility index (Phi) is 4.42. The smallest absolute Gasteiger partial charge is 0.302 e. The second kappa shape index (κ2) is 5.54. The van der Waals surface area contributed by atoms with Gasteiger partial charge in [-0.25, -0.2) is 0 Å². The van der Waals surface area contributed by atoms with Crippen LogP contribution in [0.3, 0.4) is 0 Å². The largest absolute Gasteiger partial charge is 0.462 e. The molecule has 0 bridgehead atoms. The lowest BCUT2D eigenvalue weighted by Crippen LogP contribution is -2.64. The number of carbonyl (C=O) groups is 1. The third kappa shape index (κ3) is 2.85. The second-order valence-corrected chi connectivity index (χ2v) is 7.92. The SMILES string of the molecule is CC(=O)O[C@H]1[C@@H]2[C@@](C)(CC[C@H]1C(C)C)[C@H](O)CC[C@@]2(C)O. The lowest BCUT2D eigenvalue weighted by Gasteiger charge is -2.59. The van der Waals surface area contributed by atoms with Crippen LogP contribution >= 0.6 is 0 Å². The predicted octanol–water partition coefficient (Wildman–Crippen LogP) is 2.51. The third-order valence-electron chi connectivity index (χ3n) is 5.99. The van der Waals surface area contributed by atoms with E-state index in [0.717, 1.165) is 12.8 Å². The topological polar surface area (TPSA) is 66.8 Å². The van der Waals surface area contributed by atoms with Crippen molar-refractivity contribution in [1.82, 2.24) is 0 Å². The molecular weight excluding hydrogens is 268 g/mol. The minimum absolute atomic E-state index is 0.209. The zero-order valence-electron chi connectivity index (χ0n) is 13.9. The summed E-state index contributed by atoms with van der Waals surface area (Å²) < 4.78 is 5.67. The minimum Gasteiger partial charge on any atom is -0.462 e. The fraction of sp³-hybridized carbons (Fsp3) is 0.941. The summed E-state index contributed by atoms with van der Waals surface area (Å²) in [6.07, 6.45) is 2.21. The molecule has 4 heteroatoms. The van der Waals surface area contributed by atoms with Crippen molar-refractivity contribution in [3.8, 4) is 0 Å². The van der Waals surface area contributed by atoms with Crippen molar-refractivity contribution in [3.05, 3.63) is 0 Å². The van der Waals surface area contributed by atoms with Crippen LogP contribution in [0, 0.1) is 23.2 Å². The molecule has 0 saturated heterocycles. The van der Waals surface area contributed by atoms with E-state index in [1.807, 2.05) is 13.8 Å². The van der Waals surface area contributed by atoms with E-state index in [9.17, 15) is 15.0 Å². The molecule has 2 saturated carbocycles. The first-order valence-corrected chi connectivity index (χ1v) is 8.17. The van der Waals surface area contributed by atoms with Crippen LogP contribution in [0.5, 0.6) is 0 Å². The van der Waals surface area contributed by atoms with Crippen molar-refractivity contribution in [2.24, 2.45) is 23.2 Å². The van der Waals surface area contributed by atoms with E-state index in [1.54, 1.807) is 0 Å². The summed E-state index contributed by atoms with van der Waals surface area (Å²) in [6, 6.07) is 0. The van der Waals surface area contributed by atoms with E-state index in [4.69, 9.17) is 4.74 Å². The molecule has 0 amide bonds. The Labute approximate surface area is 127 Å². The number of rotatable bonds is 2. The van der Waals surface area contributed by atoms with Crippen LogP contribution in [0.2, 0.25) is 0 Å². The molecule has 0 spiro atoms. The van der Waals surface area contributed by atoms with Crippen LogP contribution < -0.4 is 0 Å². The normalized spacial score (nSPS) is 47.0. The molecule has 2 aliphatic rings. The van der Waals surface area contributed by atoms with Gasteiger partial charge in [0.2, 0.25) is 0 Å². The van der Waals surface area contributed by atoms with Gasteiger partial charge in [0.05, 0.1) is 11.7 Å². The molecule has 0 aromatic heterocycles. The maximum absolute atomic E-state index is 11.6. The van der Waals surface area contributed by atoms with Gasteiger partial charge in [0.25, 0.3) is 0 Å². The summed E-state index contributed by atoms with van der Waals surface area (Å²) in [4.78, 5) is 11.6. The zero-order valence-corrected chi connectivity index (χ0v) is 13.9. The molecule has 2 N–H and O–H groups in total. The Hall–Kier alpha value is -0.610. The summed E-state index contributed by atoms with van der Waals surface area (Å²) in [5.41, 5.74) is -1.28. The van der Waals surface area contributed by atoms with Crippen molar-refractivity contribution in [2.75, 3.05) is 0 Å². The molecule has 2 rings (SSSR count). The summed E-state index contributed by atoms with van der Waals surface area (Å²) in [7, 11) is 0. The maximum Gasteiger partial charge on any atom is 0.302 e. The Balaban J connectivity index is 2.43. The lowest BCUT2D eigenvalue weighted by molar-refractivity contribution is -0.229. The van der Waals surface area contributed by atoms with Crippen molar-refractivity contribution in [2.45, 2.75) is 78.1 Å². The molecule has 21 heavy (non-hydrogen) atoms. The van der Waals surface area contributed by atoms with Crippen LogP contribution in [0.15, 0.2) is 0 Å². The van der Waals surface area contributed by atoms with Gasteiger partial charge in [0, 0.05) is 18.3 Å². The van der Waals surface area contributed by atoms with Gasteiger partial charge >= 0.3 is 5.97 Å². The molecule has 0 aromatic carbocycles. The average molecular weight is 298 g/mol. The first-order chi connectivity index (χ1) is 9.59. The predicted molar refractivity (Wildman–Crippen MR) is 80.6 cm³/mol. The van der Waals surface area contributed by atoms with Gasteiger partial charge < -0.3 is 14.9 Å². The number of esters is 1. The summed E-state index contributed by atoms with van der Waals surface area (Å²) >= 11 is 0. The highest BCUT2D eigenvalue weighted by Crippen LogP contribution is 2.57. The van der Waals surface area contributed by atoms with Crippen molar-refractivity contribution >= 4 is 5.97 Å². The number of aliphatic hydroxyl groups excluding tert-OH is 1. The number of hydrogen-bond donors (Lipinski definition) is 2. The minimum atomic E-state index is -0.901. The molecule has 4 nitrogen and oxygen atoms in total. The molecule has 6 atom stereocenters. The highest BCUT2D eigenvalue weighted by Gasteiger charge is 2.60. The van der Waals surface area contributed by atoms with E-state index in [0.29, 0.717) is 18.8 Å². The summed E-state index contributed by atoms with van der Waals surface area (Å²) in [5.74, 6) is 0.113. The highest BCUT2D eigenvalue weighted by molar-refractivity contribution is 5.66. The standard InChI is InChI=1S/C17H30O4/c1-10(2)12-6-8-16(4)13(19)7-9-17(5,20)15(16)14(12)21-11(3)18/h10,12-15,19-20H,6-9H2,1-5H3/t12-,13+,14+,15+,16-,17+/m0/s1. The molecule has 122 valence electrons. The van der Waals surface area contributed by atoms with Crippen molar-refractivity contribution < 1.29 is 19.7 Å². The van der Waals surface area contributed by atoms with Gasteiger partial charge in [-0.3, -0.25) is 4.79 Å². The molecule has 0 heterocycles. The van der Waals surface area contributed by atoms with E-state index in [-0.39, 0.29) is 29.3 Å². The van der Waals surface area contributed by atoms with Crippen LogP contribution in [0.4, 0.5) is 0 Å². The molecular formula is C17H30O4. The summed E-state index contributed by atoms with van der Waals surface area (Å²) in [6.45, 7) is 9.58. The number of hydrogen-bond acceptors (Lipinski definition) is 4. The fourth-order valence-electron chi connectivity index (χ4n) is 4.83. The average Bonchev–Trinajstić information content (AvgIpc) is 2.33. The molecule has 2 aliphatic carbocycles. The first-order valence-electron chi connectivity index (χ1n) is 8.17. The van der Waals surface area contributed by atoms with Crippen LogP contribution in [0.1, 0.15) is 60.3 Å². The molecule has 0 radical (unpaired) electrons.